The molecule has 0 fully saturated rings. The minimum atomic E-state index is -4.62. The summed E-state index contributed by atoms with van der Waals surface area (Å²) in [6.45, 7) is 0.0479. The molecule has 0 saturated carbocycles. The maximum Gasteiger partial charge on any atom is 0.421 e. The van der Waals surface area contributed by atoms with Crippen LogP contribution in [-0.2, 0) is 12.7 Å². The van der Waals surface area contributed by atoms with Crippen LogP contribution in [0.25, 0.3) is 0 Å². The topological polar surface area (TPSA) is 34.9 Å². The highest BCUT2D eigenvalue weighted by Crippen LogP contribution is 2.26. The Morgan fingerprint density at radius 2 is 2.18 bits per heavy atom. The molecule has 0 bridgehead atoms. The van der Waals surface area contributed by atoms with E-state index in [1.165, 1.54) is 23.6 Å². The molecule has 0 aliphatic carbocycles. The molecule has 90 valence electrons. The lowest BCUT2D eigenvalue weighted by Gasteiger charge is -2.09. The zero-order chi connectivity index (χ0) is 12.5. The number of rotatable bonds is 2. The summed E-state index contributed by atoms with van der Waals surface area (Å²) in [5.74, 6) is 0. The third kappa shape index (κ3) is 2.55. The first-order chi connectivity index (χ1) is 7.98. The molecule has 0 spiro atoms. The number of alkyl halides is 3. The lowest BCUT2D eigenvalue weighted by Crippen LogP contribution is -2.28. The second-order valence-corrected chi connectivity index (χ2v) is 4.05. The first kappa shape index (κ1) is 11.8. The number of thiazole rings is 1. The average Bonchev–Trinajstić information content (AvgIpc) is 2.72. The van der Waals surface area contributed by atoms with Crippen molar-refractivity contribution in [1.82, 2.24) is 9.55 Å². The largest absolute Gasteiger partial charge is 0.421 e. The van der Waals surface area contributed by atoms with Crippen LogP contribution >= 0.6 is 11.3 Å². The molecule has 0 unspecified atom stereocenters. The van der Waals surface area contributed by atoms with Crippen molar-refractivity contribution < 1.29 is 13.2 Å². The van der Waals surface area contributed by atoms with Gasteiger partial charge >= 0.3 is 6.18 Å². The molecular weight excluding hydrogens is 253 g/mol. The standard InChI is InChI=1S/C10H7F3N2OS/c11-10(12,13)8-2-1-3-15(9(8)16)4-7-5-17-6-14-7/h1-3,5-6H,4H2. The summed E-state index contributed by atoms with van der Waals surface area (Å²) in [6.07, 6.45) is -3.31. The predicted molar refractivity (Wildman–Crippen MR) is 56.9 cm³/mol. The van der Waals surface area contributed by atoms with Crippen LogP contribution < -0.4 is 5.56 Å². The maximum absolute atomic E-state index is 12.5. The average molecular weight is 260 g/mol. The van der Waals surface area contributed by atoms with E-state index in [1.807, 2.05) is 0 Å². The van der Waals surface area contributed by atoms with E-state index in [1.54, 1.807) is 10.9 Å². The van der Waals surface area contributed by atoms with Crippen molar-refractivity contribution in [3.63, 3.8) is 0 Å². The van der Waals surface area contributed by atoms with Gasteiger partial charge in [-0.2, -0.15) is 13.2 Å². The van der Waals surface area contributed by atoms with Crippen LogP contribution in [0.15, 0.2) is 34.0 Å². The van der Waals surface area contributed by atoms with E-state index in [-0.39, 0.29) is 6.54 Å². The van der Waals surface area contributed by atoms with E-state index in [9.17, 15) is 18.0 Å². The van der Waals surface area contributed by atoms with Crippen LogP contribution in [0.2, 0.25) is 0 Å². The summed E-state index contributed by atoms with van der Waals surface area (Å²) in [7, 11) is 0. The smallest absolute Gasteiger partial charge is 0.309 e. The SMILES string of the molecule is O=c1c(C(F)(F)F)cccn1Cc1cscn1. The Hall–Kier alpha value is -1.63. The number of hydrogen-bond acceptors (Lipinski definition) is 3. The van der Waals surface area contributed by atoms with Crippen LogP contribution in [0.5, 0.6) is 0 Å². The Kier molecular flexibility index (Phi) is 3.01. The van der Waals surface area contributed by atoms with Crippen molar-refractivity contribution in [3.8, 4) is 0 Å². The maximum atomic E-state index is 12.5. The first-order valence-corrected chi connectivity index (χ1v) is 5.56. The highest BCUT2D eigenvalue weighted by Gasteiger charge is 2.34. The highest BCUT2D eigenvalue weighted by atomic mass is 32.1. The molecule has 0 aromatic carbocycles. The molecule has 17 heavy (non-hydrogen) atoms. The summed E-state index contributed by atoms with van der Waals surface area (Å²) in [6, 6.07) is 1.98. The van der Waals surface area contributed by atoms with Gasteiger partial charge in [0.05, 0.1) is 17.7 Å². The summed E-state index contributed by atoms with van der Waals surface area (Å²) >= 11 is 1.33. The normalized spacial score (nSPS) is 11.7. The second kappa shape index (κ2) is 4.33. The lowest BCUT2D eigenvalue weighted by atomic mass is 10.2. The van der Waals surface area contributed by atoms with Gasteiger partial charge in [0.2, 0.25) is 0 Å². The van der Waals surface area contributed by atoms with E-state index < -0.39 is 17.3 Å². The van der Waals surface area contributed by atoms with Gasteiger partial charge in [0.25, 0.3) is 5.56 Å². The minimum absolute atomic E-state index is 0.0479. The van der Waals surface area contributed by atoms with E-state index in [0.29, 0.717) is 5.69 Å². The van der Waals surface area contributed by atoms with Gasteiger partial charge in [-0.15, -0.1) is 11.3 Å². The Morgan fingerprint density at radius 3 is 2.76 bits per heavy atom. The molecule has 3 nitrogen and oxygen atoms in total. The highest BCUT2D eigenvalue weighted by molar-refractivity contribution is 7.07. The molecule has 0 N–H and O–H groups in total. The fourth-order valence-corrected chi connectivity index (χ4v) is 1.92. The monoisotopic (exact) mass is 260 g/mol. The van der Waals surface area contributed by atoms with Crippen LogP contribution in [-0.4, -0.2) is 9.55 Å². The molecule has 0 aliphatic rings. The zero-order valence-corrected chi connectivity index (χ0v) is 9.26. The molecule has 2 heterocycles. The van der Waals surface area contributed by atoms with Crippen molar-refractivity contribution in [1.29, 1.82) is 0 Å². The van der Waals surface area contributed by atoms with Gasteiger partial charge in [-0.1, -0.05) is 0 Å². The zero-order valence-electron chi connectivity index (χ0n) is 8.44. The third-order valence-corrected chi connectivity index (χ3v) is 2.78. The van der Waals surface area contributed by atoms with E-state index in [4.69, 9.17) is 0 Å². The lowest BCUT2D eigenvalue weighted by molar-refractivity contribution is -0.138. The van der Waals surface area contributed by atoms with Gasteiger partial charge in [-0.3, -0.25) is 4.79 Å². The van der Waals surface area contributed by atoms with E-state index in [0.717, 1.165) is 10.6 Å². The quantitative estimate of drug-likeness (QED) is 0.831. The molecule has 2 rings (SSSR count). The van der Waals surface area contributed by atoms with Crippen LogP contribution in [0, 0.1) is 0 Å². The molecule has 0 radical (unpaired) electrons. The van der Waals surface area contributed by atoms with Gasteiger partial charge in [0, 0.05) is 11.6 Å². The molecule has 2 aromatic heterocycles. The third-order valence-electron chi connectivity index (χ3n) is 2.14. The molecule has 7 heteroatoms. The Bertz CT molecular complexity index is 560. The Balaban J connectivity index is 2.40. The number of pyridine rings is 1. The van der Waals surface area contributed by atoms with Crippen LogP contribution in [0.4, 0.5) is 13.2 Å². The summed E-state index contributed by atoms with van der Waals surface area (Å²) in [4.78, 5) is 15.5. The van der Waals surface area contributed by atoms with Crippen molar-refractivity contribution in [2.75, 3.05) is 0 Å². The summed E-state index contributed by atoms with van der Waals surface area (Å²) < 4.78 is 38.4. The first-order valence-electron chi connectivity index (χ1n) is 4.62. The number of hydrogen-bond donors (Lipinski definition) is 0. The fourth-order valence-electron chi connectivity index (χ4n) is 1.37. The van der Waals surface area contributed by atoms with Crippen molar-refractivity contribution in [2.45, 2.75) is 12.7 Å². The Labute approximate surface area is 98.2 Å². The molecule has 0 saturated heterocycles. The molecule has 0 atom stereocenters. The number of nitrogens with zero attached hydrogens (tertiary/aromatic N) is 2. The van der Waals surface area contributed by atoms with E-state index in [2.05, 4.69) is 4.98 Å². The fraction of sp³-hybridized carbons (Fsp3) is 0.200. The minimum Gasteiger partial charge on any atom is -0.309 e. The summed E-state index contributed by atoms with van der Waals surface area (Å²) in [5.41, 5.74) is -0.0757. The van der Waals surface area contributed by atoms with Crippen molar-refractivity contribution in [3.05, 3.63) is 50.8 Å². The van der Waals surface area contributed by atoms with Crippen molar-refractivity contribution >= 4 is 11.3 Å². The number of aromatic nitrogens is 2. The van der Waals surface area contributed by atoms with Gasteiger partial charge in [-0.25, -0.2) is 4.98 Å². The Morgan fingerprint density at radius 1 is 1.41 bits per heavy atom. The number of halogens is 3. The van der Waals surface area contributed by atoms with Gasteiger partial charge in [0.15, 0.2) is 0 Å². The van der Waals surface area contributed by atoms with Gasteiger partial charge in [-0.05, 0) is 12.1 Å². The summed E-state index contributed by atoms with van der Waals surface area (Å²) in [5, 5.41) is 1.69. The molecular formula is C10H7F3N2OS. The molecule has 0 amide bonds. The predicted octanol–water partition coefficient (Wildman–Crippen LogP) is 2.37. The van der Waals surface area contributed by atoms with Crippen molar-refractivity contribution in [2.24, 2.45) is 0 Å². The van der Waals surface area contributed by atoms with Crippen LogP contribution in [0.1, 0.15) is 11.3 Å². The molecule has 2 aromatic rings. The van der Waals surface area contributed by atoms with Gasteiger partial charge < -0.3 is 4.57 Å². The van der Waals surface area contributed by atoms with E-state index >= 15 is 0 Å². The van der Waals surface area contributed by atoms with Gasteiger partial charge in [0.1, 0.15) is 5.56 Å². The van der Waals surface area contributed by atoms with Crippen LogP contribution in [0.3, 0.4) is 0 Å². The second-order valence-electron chi connectivity index (χ2n) is 3.33. The molecule has 0 aliphatic heterocycles.